The fraction of sp³-hybridized carbons (Fsp3) is 0.455. The van der Waals surface area contributed by atoms with Gasteiger partial charge in [-0.3, -0.25) is 4.90 Å². The molecule has 2 saturated heterocycles. The molecule has 1 aromatic carbocycles. The predicted octanol–water partition coefficient (Wildman–Crippen LogP) is 5.11. The van der Waals surface area contributed by atoms with E-state index in [1.807, 2.05) is 11.4 Å². The Balaban J connectivity index is 0.000000406. The van der Waals surface area contributed by atoms with Gasteiger partial charge in [0.2, 0.25) is 0 Å². The van der Waals surface area contributed by atoms with Gasteiger partial charge in [-0.15, -0.1) is 11.3 Å². The van der Waals surface area contributed by atoms with Gasteiger partial charge < -0.3 is 15.2 Å². The highest BCUT2D eigenvalue weighted by molar-refractivity contribution is 7.14. The highest BCUT2D eigenvalue weighted by Gasteiger charge is 2.38. The number of carboxylic acid groups (broad SMARTS) is 1. The van der Waals surface area contributed by atoms with Crippen LogP contribution in [0.1, 0.15) is 36.8 Å². The summed E-state index contributed by atoms with van der Waals surface area (Å²) in [6, 6.07) is 6.69. The number of nitrogens with zero attached hydrogens (tertiary/aromatic N) is 1. The maximum Gasteiger partial charge on any atom is 0.490 e. The van der Waals surface area contributed by atoms with Crippen LogP contribution in [0, 0.1) is 11.6 Å². The SMILES string of the molecule is CN(C(=O)OC1CC2CCC(C1)N2)c1sccc1Cc1ccc(F)c(F)c1.O=C(O)C(F)(F)F. The van der Waals surface area contributed by atoms with Crippen LogP contribution in [0.25, 0.3) is 0 Å². The minimum atomic E-state index is -5.08. The van der Waals surface area contributed by atoms with E-state index in [1.165, 1.54) is 22.3 Å². The van der Waals surface area contributed by atoms with Gasteiger partial charge in [0.05, 0.1) is 0 Å². The number of hydrogen-bond acceptors (Lipinski definition) is 5. The topological polar surface area (TPSA) is 78.9 Å². The number of fused-ring (bicyclic) bond motifs is 2. The van der Waals surface area contributed by atoms with Crippen molar-refractivity contribution in [3.05, 3.63) is 52.4 Å². The van der Waals surface area contributed by atoms with E-state index < -0.39 is 23.8 Å². The number of ether oxygens (including phenoxy) is 1. The molecule has 2 atom stereocenters. The number of hydrogen-bond donors (Lipinski definition) is 2. The first-order valence-corrected chi connectivity index (χ1v) is 11.3. The lowest BCUT2D eigenvalue weighted by Gasteiger charge is -2.30. The number of benzene rings is 1. The molecule has 0 saturated carbocycles. The summed E-state index contributed by atoms with van der Waals surface area (Å²) in [7, 11) is 1.69. The third-order valence-corrected chi connectivity index (χ3v) is 6.65. The second-order valence-electron chi connectivity index (χ2n) is 8.15. The van der Waals surface area contributed by atoms with Crippen LogP contribution in [0.5, 0.6) is 0 Å². The largest absolute Gasteiger partial charge is 0.490 e. The number of amides is 1. The second-order valence-corrected chi connectivity index (χ2v) is 9.05. The second kappa shape index (κ2) is 10.7. The highest BCUT2D eigenvalue weighted by atomic mass is 32.1. The van der Waals surface area contributed by atoms with E-state index in [4.69, 9.17) is 14.6 Å². The minimum Gasteiger partial charge on any atom is -0.475 e. The molecule has 2 aliphatic heterocycles. The van der Waals surface area contributed by atoms with Gasteiger partial charge in [0.15, 0.2) is 11.6 Å². The number of rotatable bonds is 4. The van der Waals surface area contributed by atoms with E-state index in [-0.39, 0.29) is 12.2 Å². The number of aliphatic carboxylic acids is 1. The van der Waals surface area contributed by atoms with Gasteiger partial charge in [-0.2, -0.15) is 13.2 Å². The standard InChI is InChI=1S/C20H22F2N2O2S.C2HF3O2/c1-24(20(25)26-16-10-14-3-4-15(11-16)23-14)19-13(6-7-27-19)8-12-2-5-17(21)18(22)9-12;3-2(4,5)1(6)7/h2,5-7,9,14-16,23H,3-4,8,10-11H2,1H3;(H,6,7). The Bertz CT molecular complexity index is 1020. The molecule has 4 rings (SSSR count). The number of carboxylic acids is 1. The molecule has 2 N–H and O–H groups in total. The van der Waals surface area contributed by atoms with Crippen LogP contribution in [0.3, 0.4) is 0 Å². The van der Waals surface area contributed by atoms with Crippen LogP contribution in [-0.2, 0) is 16.0 Å². The Morgan fingerprint density at radius 2 is 1.76 bits per heavy atom. The van der Waals surface area contributed by atoms with E-state index in [0.717, 1.165) is 42.3 Å². The van der Waals surface area contributed by atoms with Crippen LogP contribution < -0.4 is 10.2 Å². The summed E-state index contributed by atoms with van der Waals surface area (Å²) < 4.78 is 64.1. The average molecular weight is 506 g/mol. The van der Waals surface area contributed by atoms with Crippen LogP contribution in [-0.4, -0.2) is 48.6 Å². The summed E-state index contributed by atoms with van der Waals surface area (Å²) in [6.45, 7) is 0. The normalized spacial score (nSPS) is 21.4. The monoisotopic (exact) mass is 506 g/mol. The molecule has 2 aromatic rings. The number of alkyl halides is 3. The molecule has 6 nitrogen and oxygen atoms in total. The summed E-state index contributed by atoms with van der Waals surface area (Å²) >= 11 is 1.43. The lowest BCUT2D eigenvalue weighted by atomic mass is 10.0. The number of thiophene rings is 1. The van der Waals surface area contributed by atoms with E-state index in [2.05, 4.69) is 5.32 Å². The van der Waals surface area contributed by atoms with Gasteiger partial charge in [-0.25, -0.2) is 18.4 Å². The first-order valence-electron chi connectivity index (χ1n) is 10.4. The molecule has 2 unspecified atom stereocenters. The molecule has 1 amide bonds. The lowest BCUT2D eigenvalue weighted by molar-refractivity contribution is -0.192. The third-order valence-electron chi connectivity index (χ3n) is 5.62. The van der Waals surface area contributed by atoms with Crippen molar-refractivity contribution in [2.24, 2.45) is 0 Å². The molecule has 0 aliphatic carbocycles. The first-order chi connectivity index (χ1) is 15.9. The zero-order valence-corrected chi connectivity index (χ0v) is 18.9. The number of piperidine rings is 1. The van der Waals surface area contributed by atoms with Crippen molar-refractivity contribution in [3.63, 3.8) is 0 Å². The van der Waals surface area contributed by atoms with E-state index in [0.29, 0.717) is 24.1 Å². The Morgan fingerprint density at radius 1 is 1.15 bits per heavy atom. The van der Waals surface area contributed by atoms with E-state index in [1.54, 1.807) is 13.1 Å². The van der Waals surface area contributed by atoms with Crippen molar-refractivity contribution in [2.45, 2.75) is 56.5 Å². The number of carbonyl (C=O) groups excluding carboxylic acids is 1. The first kappa shape index (κ1) is 25.9. The van der Waals surface area contributed by atoms with Crippen LogP contribution in [0.2, 0.25) is 0 Å². The Hall–Kier alpha value is -2.73. The van der Waals surface area contributed by atoms with Crippen molar-refractivity contribution >= 4 is 28.4 Å². The summed E-state index contributed by atoms with van der Waals surface area (Å²) in [5.74, 6) is -4.48. The molecule has 0 radical (unpaired) electrons. The number of halogens is 5. The molecular weight excluding hydrogens is 483 g/mol. The maximum absolute atomic E-state index is 13.5. The fourth-order valence-corrected chi connectivity index (χ4v) is 4.92. The maximum atomic E-state index is 13.5. The molecule has 1 aromatic heterocycles. The third kappa shape index (κ3) is 6.66. The summed E-state index contributed by atoms with van der Waals surface area (Å²) in [5.41, 5.74) is 1.54. The summed E-state index contributed by atoms with van der Waals surface area (Å²) in [6.07, 6.45) is -1.05. The Kier molecular flexibility index (Phi) is 8.13. The number of anilines is 1. The van der Waals surface area contributed by atoms with Gasteiger partial charge >= 0.3 is 18.2 Å². The molecule has 186 valence electrons. The predicted molar refractivity (Wildman–Crippen MR) is 115 cm³/mol. The van der Waals surface area contributed by atoms with Gasteiger partial charge in [0.1, 0.15) is 11.1 Å². The fourth-order valence-electron chi connectivity index (χ4n) is 4.03. The highest BCUT2D eigenvalue weighted by Crippen LogP contribution is 2.32. The van der Waals surface area contributed by atoms with Crippen LogP contribution in [0.15, 0.2) is 29.6 Å². The molecule has 12 heteroatoms. The average Bonchev–Trinajstić information content (AvgIpc) is 3.35. The summed E-state index contributed by atoms with van der Waals surface area (Å²) in [4.78, 5) is 23.0. The molecule has 34 heavy (non-hydrogen) atoms. The molecule has 2 fully saturated rings. The van der Waals surface area contributed by atoms with Gasteiger partial charge in [0.25, 0.3) is 0 Å². The zero-order chi connectivity index (χ0) is 25.0. The number of carbonyl (C=O) groups is 2. The Labute approximate surface area is 196 Å². The minimum absolute atomic E-state index is 0.0479. The van der Waals surface area contributed by atoms with Gasteiger partial charge in [0, 0.05) is 25.6 Å². The van der Waals surface area contributed by atoms with Crippen LogP contribution in [0.4, 0.5) is 31.7 Å². The van der Waals surface area contributed by atoms with Crippen LogP contribution >= 0.6 is 11.3 Å². The number of nitrogens with one attached hydrogen (secondary N) is 1. The van der Waals surface area contributed by atoms with Gasteiger partial charge in [-0.1, -0.05) is 6.07 Å². The van der Waals surface area contributed by atoms with Crippen molar-refractivity contribution in [2.75, 3.05) is 11.9 Å². The van der Waals surface area contributed by atoms with Crippen molar-refractivity contribution in [3.8, 4) is 0 Å². The smallest absolute Gasteiger partial charge is 0.475 e. The molecule has 3 heterocycles. The van der Waals surface area contributed by atoms with E-state index in [9.17, 15) is 26.7 Å². The quantitative estimate of drug-likeness (QED) is 0.564. The zero-order valence-electron chi connectivity index (χ0n) is 18.1. The Morgan fingerprint density at radius 3 is 2.32 bits per heavy atom. The molecule has 2 aliphatic rings. The van der Waals surface area contributed by atoms with Crippen molar-refractivity contribution in [1.82, 2.24) is 5.32 Å². The summed E-state index contributed by atoms with van der Waals surface area (Å²) in [5, 5.41) is 13.3. The van der Waals surface area contributed by atoms with Crippen molar-refractivity contribution in [1.29, 1.82) is 0 Å². The molecule has 0 spiro atoms. The van der Waals surface area contributed by atoms with E-state index >= 15 is 0 Å². The molecular formula is C22H23F5N2O4S. The molecule has 2 bridgehead atoms. The van der Waals surface area contributed by atoms with Gasteiger partial charge in [-0.05, 0) is 60.4 Å². The lowest BCUT2D eigenvalue weighted by Crippen LogP contribution is -2.43. The van der Waals surface area contributed by atoms with Crippen molar-refractivity contribution < 1.29 is 41.4 Å².